The van der Waals surface area contributed by atoms with Gasteiger partial charge in [0, 0.05) is 29.9 Å². The second kappa shape index (κ2) is 6.98. The van der Waals surface area contributed by atoms with Crippen LogP contribution in [0, 0.1) is 6.92 Å². The maximum Gasteiger partial charge on any atom is 0.138 e. The van der Waals surface area contributed by atoms with Crippen molar-refractivity contribution in [2.45, 2.75) is 51.3 Å². The Bertz CT molecular complexity index is 853. The molecule has 2 heterocycles. The van der Waals surface area contributed by atoms with Crippen LogP contribution in [0.2, 0.25) is 0 Å². The van der Waals surface area contributed by atoms with E-state index in [-0.39, 0.29) is 12.1 Å². The number of aliphatic hydroxyl groups excluding tert-OH is 1. The molecular weight excluding hydrogens is 310 g/mol. The minimum Gasteiger partial charge on any atom is -0.392 e. The Balaban J connectivity index is 1.49. The maximum atomic E-state index is 10.1. The van der Waals surface area contributed by atoms with Crippen LogP contribution in [-0.4, -0.2) is 27.2 Å². The lowest BCUT2D eigenvalue weighted by Crippen LogP contribution is -2.41. The molecule has 2 aromatic heterocycles. The number of pyridine rings is 1. The number of hydrogen-bond acceptors (Lipinski definition) is 3. The summed E-state index contributed by atoms with van der Waals surface area (Å²) in [4.78, 5) is 7.70. The van der Waals surface area contributed by atoms with E-state index in [1.807, 2.05) is 6.20 Å². The van der Waals surface area contributed by atoms with E-state index >= 15 is 0 Å². The standard InChI is InChI=1S/C21H25N3O/c1-14-12-18-17(10-11-22-21(18)24-14)16-8-6-15(7-9-16)13-23-19-4-2-3-5-20(19)25/h6-12,19-20,23,25H,2-5,13H2,1H3,(H,22,24)/t19-,20-/m0/s1. The zero-order chi connectivity index (χ0) is 17.2. The molecule has 1 aromatic carbocycles. The van der Waals surface area contributed by atoms with Crippen molar-refractivity contribution < 1.29 is 5.11 Å². The van der Waals surface area contributed by atoms with E-state index in [0.717, 1.165) is 42.5 Å². The van der Waals surface area contributed by atoms with Crippen molar-refractivity contribution in [3.05, 3.63) is 53.9 Å². The molecule has 1 aliphatic rings. The van der Waals surface area contributed by atoms with Gasteiger partial charge in [0.1, 0.15) is 5.65 Å². The molecule has 4 heteroatoms. The molecule has 1 fully saturated rings. The van der Waals surface area contributed by atoms with Gasteiger partial charge in [0.15, 0.2) is 0 Å². The van der Waals surface area contributed by atoms with Gasteiger partial charge in [-0.15, -0.1) is 0 Å². The van der Waals surface area contributed by atoms with E-state index in [0.29, 0.717) is 0 Å². The molecule has 4 nitrogen and oxygen atoms in total. The number of aromatic amines is 1. The molecule has 0 aliphatic heterocycles. The van der Waals surface area contributed by atoms with E-state index in [1.54, 1.807) is 0 Å². The number of benzene rings is 1. The Kier molecular flexibility index (Phi) is 4.55. The molecule has 0 amide bonds. The lowest BCUT2D eigenvalue weighted by atomic mass is 9.92. The Morgan fingerprint density at radius 2 is 1.96 bits per heavy atom. The number of fused-ring (bicyclic) bond motifs is 1. The summed E-state index contributed by atoms with van der Waals surface area (Å²) in [5.74, 6) is 0. The minimum absolute atomic E-state index is 0.199. The van der Waals surface area contributed by atoms with E-state index < -0.39 is 0 Å². The predicted octanol–water partition coefficient (Wildman–Crippen LogP) is 3.93. The van der Waals surface area contributed by atoms with Gasteiger partial charge in [-0.2, -0.15) is 0 Å². The fraction of sp³-hybridized carbons (Fsp3) is 0.381. The van der Waals surface area contributed by atoms with Crippen LogP contribution >= 0.6 is 0 Å². The highest BCUT2D eigenvalue weighted by Crippen LogP contribution is 2.28. The Morgan fingerprint density at radius 3 is 2.76 bits per heavy atom. The summed E-state index contributed by atoms with van der Waals surface area (Å²) in [6, 6.07) is 13.1. The smallest absolute Gasteiger partial charge is 0.138 e. The summed E-state index contributed by atoms with van der Waals surface area (Å²) in [5.41, 5.74) is 5.72. The van der Waals surface area contributed by atoms with Crippen LogP contribution in [-0.2, 0) is 6.54 Å². The number of aryl methyl sites for hydroxylation is 1. The summed E-state index contributed by atoms with van der Waals surface area (Å²) in [7, 11) is 0. The van der Waals surface area contributed by atoms with Crippen molar-refractivity contribution in [3.63, 3.8) is 0 Å². The molecule has 4 rings (SSSR count). The minimum atomic E-state index is -0.199. The molecule has 1 saturated carbocycles. The highest BCUT2D eigenvalue weighted by molar-refractivity contribution is 5.93. The zero-order valence-corrected chi connectivity index (χ0v) is 14.6. The monoisotopic (exact) mass is 335 g/mol. The molecule has 0 spiro atoms. The summed E-state index contributed by atoms with van der Waals surface area (Å²) < 4.78 is 0. The van der Waals surface area contributed by atoms with E-state index in [2.05, 4.69) is 58.6 Å². The van der Waals surface area contributed by atoms with Gasteiger partial charge in [0.25, 0.3) is 0 Å². The van der Waals surface area contributed by atoms with Gasteiger partial charge in [-0.25, -0.2) is 4.98 Å². The van der Waals surface area contributed by atoms with Gasteiger partial charge in [-0.05, 0) is 48.6 Å². The molecule has 0 saturated heterocycles. The average Bonchev–Trinajstić information content (AvgIpc) is 3.02. The second-order valence-corrected chi connectivity index (χ2v) is 7.11. The molecule has 0 unspecified atom stereocenters. The summed E-state index contributed by atoms with van der Waals surface area (Å²) in [6.45, 7) is 2.86. The van der Waals surface area contributed by atoms with Crippen LogP contribution in [0.4, 0.5) is 0 Å². The van der Waals surface area contributed by atoms with Gasteiger partial charge >= 0.3 is 0 Å². The SMILES string of the molecule is Cc1cc2c(-c3ccc(CN[C@H]4CCCC[C@@H]4O)cc3)ccnc2[nH]1. The molecule has 2 atom stereocenters. The lowest BCUT2D eigenvalue weighted by molar-refractivity contribution is 0.0902. The van der Waals surface area contributed by atoms with Crippen molar-refractivity contribution in [2.24, 2.45) is 0 Å². The molecule has 1 aliphatic carbocycles. The molecule has 25 heavy (non-hydrogen) atoms. The third-order valence-electron chi connectivity index (χ3n) is 5.23. The molecule has 3 N–H and O–H groups in total. The van der Waals surface area contributed by atoms with E-state index in [4.69, 9.17) is 0 Å². The van der Waals surface area contributed by atoms with Crippen molar-refractivity contribution >= 4 is 11.0 Å². The number of nitrogens with one attached hydrogen (secondary N) is 2. The van der Waals surface area contributed by atoms with Crippen LogP contribution in [0.5, 0.6) is 0 Å². The number of H-pyrrole nitrogens is 1. The molecule has 3 aromatic rings. The summed E-state index contributed by atoms with van der Waals surface area (Å²) in [5, 5.41) is 14.7. The van der Waals surface area contributed by atoms with Crippen LogP contribution in [0.1, 0.15) is 36.9 Å². The molecule has 0 bridgehead atoms. The Hall–Kier alpha value is -2.17. The summed E-state index contributed by atoms with van der Waals surface area (Å²) in [6.07, 6.45) is 6.00. The highest BCUT2D eigenvalue weighted by atomic mass is 16.3. The number of aliphatic hydroxyl groups is 1. The first-order valence-electron chi connectivity index (χ1n) is 9.16. The van der Waals surface area contributed by atoms with Crippen LogP contribution in [0.15, 0.2) is 42.6 Å². The predicted molar refractivity (Wildman–Crippen MR) is 101 cm³/mol. The number of aromatic nitrogens is 2. The third kappa shape index (κ3) is 3.46. The first-order valence-corrected chi connectivity index (χ1v) is 9.16. The number of nitrogens with zero attached hydrogens (tertiary/aromatic N) is 1. The van der Waals surface area contributed by atoms with Crippen LogP contribution in [0.25, 0.3) is 22.2 Å². The van der Waals surface area contributed by atoms with Crippen LogP contribution in [0.3, 0.4) is 0 Å². The number of rotatable bonds is 4. The maximum absolute atomic E-state index is 10.1. The van der Waals surface area contributed by atoms with E-state index in [1.165, 1.54) is 23.1 Å². The first kappa shape index (κ1) is 16.3. The molecule has 0 radical (unpaired) electrons. The fourth-order valence-electron chi connectivity index (χ4n) is 3.81. The van der Waals surface area contributed by atoms with E-state index in [9.17, 15) is 5.11 Å². The normalized spacial score (nSPS) is 20.9. The van der Waals surface area contributed by atoms with Gasteiger partial charge in [-0.1, -0.05) is 37.1 Å². The zero-order valence-electron chi connectivity index (χ0n) is 14.6. The molecular formula is C21H25N3O. The van der Waals surface area contributed by atoms with Crippen molar-refractivity contribution in [2.75, 3.05) is 0 Å². The van der Waals surface area contributed by atoms with Crippen molar-refractivity contribution in [1.82, 2.24) is 15.3 Å². The Labute approximate surface area is 148 Å². The number of hydrogen-bond donors (Lipinski definition) is 3. The first-order chi connectivity index (χ1) is 12.2. The molecule has 130 valence electrons. The van der Waals surface area contributed by atoms with Gasteiger partial charge in [0.2, 0.25) is 0 Å². The fourth-order valence-corrected chi connectivity index (χ4v) is 3.81. The average molecular weight is 335 g/mol. The van der Waals surface area contributed by atoms with Crippen molar-refractivity contribution in [1.29, 1.82) is 0 Å². The third-order valence-corrected chi connectivity index (χ3v) is 5.23. The van der Waals surface area contributed by atoms with Gasteiger partial charge in [0.05, 0.1) is 6.10 Å². The lowest BCUT2D eigenvalue weighted by Gasteiger charge is -2.28. The van der Waals surface area contributed by atoms with Crippen molar-refractivity contribution in [3.8, 4) is 11.1 Å². The van der Waals surface area contributed by atoms with Gasteiger partial charge in [-0.3, -0.25) is 0 Å². The van der Waals surface area contributed by atoms with Crippen LogP contribution < -0.4 is 5.32 Å². The van der Waals surface area contributed by atoms with Gasteiger partial charge < -0.3 is 15.4 Å². The largest absolute Gasteiger partial charge is 0.392 e. The second-order valence-electron chi connectivity index (χ2n) is 7.11. The Morgan fingerprint density at radius 1 is 1.16 bits per heavy atom. The quantitative estimate of drug-likeness (QED) is 0.677. The topological polar surface area (TPSA) is 60.9 Å². The summed E-state index contributed by atoms with van der Waals surface area (Å²) >= 11 is 0. The highest BCUT2D eigenvalue weighted by Gasteiger charge is 2.22.